The molecule has 0 aliphatic heterocycles. The van der Waals surface area contributed by atoms with Gasteiger partial charge < -0.3 is 5.32 Å². The van der Waals surface area contributed by atoms with Crippen molar-refractivity contribution in [2.24, 2.45) is 7.05 Å². The molecule has 0 aliphatic rings. The second-order valence-electron chi connectivity index (χ2n) is 4.96. The van der Waals surface area contributed by atoms with Gasteiger partial charge in [-0.3, -0.25) is 9.67 Å². The minimum atomic E-state index is 0.814. The van der Waals surface area contributed by atoms with E-state index in [9.17, 15) is 0 Å². The zero-order valence-corrected chi connectivity index (χ0v) is 12.7. The molecule has 0 bridgehead atoms. The van der Waals surface area contributed by atoms with Gasteiger partial charge in [-0.25, -0.2) is 4.98 Å². The average Bonchev–Trinajstić information content (AvgIpc) is 3.14. The highest BCUT2D eigenvalue weighted by Crippen LogP contribution is 2.33. The zero-order valence-electron chi connectivity index (χ0n) is 11.9. The molecular formula is C16H13N5S. The molecule has 0 fully saturated rings. The van der Waals surface area contributed by atoms with Gasteiger partial charge in [-0.15, -0.1) is 11.3 Å². The fourth-order valence-corrected chi connectivity index (χ4v) is 3.26. The van der Waals surface area contributed by atoms with E-state index in [0.29, 0.717) is 0 Å². The molecule has 4 aromatic heterocycles. The highest BCUT2D eigenvalue weighted by atomic mass is 32.1. The second-order valence-corrected chi connectivity index (χ2v) is 5.87. The van der Waals surface area contributed by atoms with Crippen LogP contribution in [0, 0.1) is 0 Å². The number of fused-ring (bicyclic) bond motifs is 1. The Balaban J connectivity index is 1.76. The van der Waals surface area contributed by atoms with Crippen LogP contribution in [0.1, 0.15) is 0 Å². The molecule has 0 unspecified atom stereocenters. The number of thiophene rings is 1. The van der Waals surface area contributed by atoms with E-state index >= 15 is 0 Å². The van der Waals surface area contributed by atoms with E-state index in [4.69, 9.17) is 4.98 Å². The summed E-state index contributed by atoms with van der Waals surface area (Å²) in [6.45, 7) is 0. The van der Waals surface area contributed by atoms with Crippen LogP contribution in [0.25, 0.3) is 21.3 Å². The molecule has 4 rings (SSSR count). The van der Waals surface area contributed by atoms with Crippen molar-refractivity contribution in [3.05, 3.63) is 54.4 Å². The Labute approximate surface area is 131 Å². The lowest BCUT2D eigenvalue weighted by atomic mass is 10.1. The number of anilines is 2. The summed E-state index contributed by atoms with van der Waals surface area (Å²) in [5.74, 6) is 0.814. The van der Waals surface area contributed by atoms with E-state index in [1.807, 2.05) is 31.4 Å². The molecule has 108 valence electrons. The largest absolute Gasteiger partial charge is 0.338 e. The summed E-state index contributed by atoms with van der Waals surface area (Å²) in [6, 6.07) is 8.09. The van der Waals surface area contributed by atoms with Crippen molar-refractivity contribution >= 4 is 33.1 Å². The Morgan fingerprint density at radius 3 is 2.77 bits per heavy atom. The van der Waals surface area contributed by atoms with Crippen molar-refractivity contribution in [1.82, 2.24) is 19.7 Å². The Morgan fingerprint density at radius 1 is 1.14 bits per heavy atom. The number of hydrogen-bond acceptors (Lipinski definition) is 5. The fraction of sp³-hybridized carbons (Fsp3) is 0.0625. The third kappa shape index (κ3) is 2.33. The molecule has 5 nitrogen and oxygen atoms in total. The van der Waals surface area contributed by atoms with Gasteiger partial charge >= 0.3 is 0 Å². The highest BCUT2D eigenvalue weighted by Gasteiger charge is 2.09. The maximum absolute atomic E-state index is 4.76. The van der Waals surface area contributed by atoms with Crippen molar-refractivity contribution in [2.75, 3.05) is 5.32 Å². The topological polar surface area (TPSA) is 55.6 Å². The monoisotopic (exact) mass is 307 g/mol. The SMILES string of the molecule is Cn1cc(Nc2ccc3scc(-c4ccncc4)c3n2)cn1. The molecule has 0 amide bonds. The minimum absolute atomic E-state index is 0.814. The molecule has 0 radical (unpaired) electrons. The Bertz CT molecular complexity index is 926. The quantitative estimate of drug-likeness (QED) is 0.625. The van der Waals surface area contributed by atoms with Gasteiger partial charge in [0, 0.05) is 36.6 Å². The van der Waals surface area contributed by atoms with Crippen LogP contribution in [-0.4, -0.2) is 19.7 Å². The molecule has 6 heteroatoms. The summed E-state index contributed by atoms with van der Waals surface area (Å²) in [5.41, 5.74) is 4.20. The van der Waals surface area contributed by atoms with Gasteiger partial charge in [-0.05, 0) is 29.8 Å². The van der Waals surface area contributed by atoms with Crippen LogP contribution in [0.4, 0.5) is 11.5 Å². The van der Waals surface area contributed by atoms with Crippen LogP contribution in [0.3, 0.4) is 0 Å². The molecule has 0 aromatic carbocycles. The molecule has 0 aliphatic carbocycles. The third-order valence-corrected chi connectivity index (χ3v) is 4.32. The highest BCUT2D eigenvalue weighted by molar-refractivity contribution is 7.17. The van der Waals surface area contributed by atoms with Crippen LogP contribution in [-0.2, 0) is 7.05 Å². The van der Waals surface area contributed by atoms with Gasteiger partial charge in [0.05, 0.1) is 22.1 Å². The maximum atomic E-state index is 4.76. The van der Waals surface area contributed by atoms with Gasteiger partial charge in [-0.1, -0.05) is 0 Å². The standard InChI is InChI=1S/C16H13N5S/c1-21-9-12(8-18-21)19-15-3-2-14-16(20-15)13(10-22-14)11-4-6-17-7-5-11/h2-10H,1H3,(H,19,20). The molecule has 0 spiro atoms. The molecule has 1 N–H and O–H groups in total. The van der Waals surface area contributed by atoms with Crippen LogP contribution < -0.4 is 5.32 Å². The van der Waals surface area contributed by atoms with Gasteiger partial charge in [-0.2, -0.15) is 5.10 Å². The van der Waals surface area contributed by atoms with Crippen molar-refractivity contribution in [3.63, 3.8) is 0 Å². The number of hydrogen-bond donors (Lipinski definition) is 1. The number of pyridine rings is 2. The summed E-state index contributed by atoms with van der Waals surface area (Å²) in [4.78, 5) is 8.83. The summed E-state index contributed by atoms with van der Waals surface area (Å²) < 4.78 is 2.93. The van der Waals surface area contributed by atoms with Crippen LogP contribution in [0.2, 0.25) is 0 Å². The fourth-order valence-electron chi connectivity index (χ4n) is 2.35. The van der Waals surface area contributed by atoms with Gasteiger partial charge in [0.2, 0.25) is 0 Å². The smallest absolute Gasteiger partial charge is 0.131 e. The number of nitrogens with zero attached hydrogens (tertiary/aromatic N) is 4. The first kappa shape index (κ1) is 13.0. The van der Waals surface area contributed by atoms with E-state index in [1.54, 1.807) is 34.6 Å². The maximum Gasteiger partial charge on any atom is 0.131 e. The zero-order chi connectivity index (χ0) is 14.9. The van der Waals surface area contributed by atoms with Crippen LogP contribution in [0.5, 0.6) is 0 Å². The Kier molecular flexibility index (Phi) is 3.08. The molecular weight excluding hydrogens is 294 g/mol. The first-order valence-electron chi connectivity index (χ1n) is 6.84. The predicted molar refractivity (Wildman–Crippen MR) is 89.3 cm³/mol. The van der Waals surface area contributed by atoms with Crippen LogP contribution in [0.15, 0.2) is 54.4 Å². The number of aromatic nitrogens is 4. The van der Waals surface area contributed by atoms with E-state index in [-0.39, 0.29) is 0 Å². The lowest BCUT2D eigenvalue weighted by molar-refractivity contribution is 0.768. The van der Waals surface area contributed by atoms with Crippen molar-refractivity contribution in [3.8, 4) is 11.1 Å². The number of rotatable bonds is 3. The molecule has 22 heavy (non-hydrogen) atoms. The lowest BCUT2D eigenvalue weighted by Gasteiger charge is -2.04. The summed E-state index contributed by atoms with van der Waals surface area (Å²) >= 11 is 1.70. The van der Waals surface area contributed by atoms with Crippen molar-refractivity contribution in [1.29, 1.82) is 0 Å². The summed E-state index contributed by atoms with van der Waals surface area (Å²) in [5, 5.41) is 9.57. The van der Waals surface area contributed by atoms with Crippen molar-refractivity contribution in [2.45, 2.75) is 0 Å². The average molecular weight is 307 g/mol. The van der Waals surface area contributed by atoms with Crippen LogP contribution >= 0.6 is 11.3 Å². The predicted octanol–water partition coefficient (Wildman–Crippen LogP) is 3.84. The second kappa shape index (κ2) is 5.23. The van der Waals surface area contributed by atoms with E-state index < -0.39 is 0 Å². The van der Waals surface area contributed by atoms with E-state index in [1.165, 1.54) is 4.70 Å². The molecule has 4 heterocycles. The summed E-state index contributed by atoms with van der Waals surface area (Å²) in [6.07, 6.45) is 7.31. The molecule has 4 aromatic rings. The number of aryl methyl sites for hydroxylation is 1. The normalized spacial score (nSPS) is 11.0. The van der Waals surface area contributed by atoms with Gasteiger partial charge in [0.25, 0.3) is 0 Å². The molecule has 0 saturated heterocycles. The third-order valence-electron chi connectivity index (χ3n) is 3.39. The van der Waals surface area contributed by atoms with Crippen molar-refractivity contribution < 1.29 is 0 Å². The Morgan fingerprint density at radius 2 is 2.00 bits per heavy atom. The van der Waals surface area contributed by atoms with E-state index in [2.05, 4.69) is 26.8 Å². The van der Waals surface area contributed by atoms with Gasteiger partial charge in [0.15, 0.2) is 0 Å². The summed E-state index contributed by atoms with van der Waals surface area (Å²) in [7, 11) is 1.89. The molecule has 0 saturated carbocycles. The first-order chi connectivity index (χ1) is 10.8. The van der Waals surface area contributed by atoms with Gasteiger partial charge in [0.1, 0.15) is 5.82 Å². The first-order valence-corrected chi connectivity index (χ1v) is 7.72. The number of nitrogens with one attached hydrogen (secondary N) is 1. The minimum Gasteiger partial charge on any atom is -0.338 e. The molecule has 0 atom stereocenters. The van der Waals surface area contributed by atoms with E-state index in [0.717, 1.165) is 28.1 Å². The Hall–Kier alpha value is -2.73. The lowest BCUT2D eigenvalue weighted by Crippen LogP contribution is -1.92.